The van der Waals surface area contributed by atoms with Crippen LogP contribution < -0.4 is 0 Å². The smallest absolute Gasteiger partial charge is 0.410 e. The van der Waals surface area contributed by atoms with Gasteiger partial charge in [0, 0.05) is 37.6 Å². The van der Waals surface area contributed by atoms with E-state index in [1.165, 1.54) is 0 Å². The van der Waals surface area contributed by atoms with E-state index in [0.29, 0.717) is 37.3 Å². The first kappa shape index (κ1) is 20.0. The van der Waals surface area contributed by atoms with Gasteiger partial charge in [-0.3, -0.25) is 0 Å². The summed E-state index contributed by atoms with van der Waals surface area (Å²) in [4.78, 5) is 23.5. The molecular formula is C20H26N8O2. The van der Waals surface area contributed by atoms with Crippen LogP contribution in [0.25, 0.3) is 27.7 Å². The molecule has 10 heteroatoms. The van der Waals surface area contributed by atoms with Gasteiger partial charge in [0.2, 0.25) is 5.65 Å². The van der Waals surface area contributed by atoms with Crippen LogP contribution in [0, 0.1) is 0 Å². The predicted octanol–water partition coefficient (Wildman–Crippen LogP) is 2.84. The van der Waals surface area contributed by atoms with E-state index in [-0.39, 0.29) is 6.09 Å². The van der Waals surface area contributed by atoms with Crippen LogP contribution in [0.3, 0.4) is 0 Å². The van der Waals surface area contributed by atoms with Gasteiger partial charge in [-0.2, -0.15) is 4.52 Å². The first-order valence-electron chi connectivity index (χ1n) is 10.2. The molecule has 1 aliphatic heterocycles. The minimum Gasteiger partial charge on any atom is -0.444 e. The molecule has 5 rings (SSSR count). The summed E-state index contributed by atoms with van der Waals surface area (Å²) in [6.45, 7) is 11.3. The number of carbonyl (C=O) groups excluding carboxylic acids is 1. The Morgan fingerprint density at radius 1 is 1.13 bits per heavy atom. The zero-order valence-corrected chi connectivity index (χ0v) is 18.0. The zero-order valence-electron chi connectivity index (χ0n) is 18.0. The molecule has 4 aromatic heterocycles. The highest BCUT2D eigenvalue weighted by Crippen LogP contribution is 2.29. The summed E-state index contributed by atoms with van der Waals surface area (Å²) in [5, 5.41) is 12.9. The largest absolute Gasteiger partial charge is 0.444 e. The van der Waals surface area contributed by atoms with Crippen molar-refractivity contribution < 1.29 is 9.53 Å². The lowest BCUT2D eigenvalue weighted by atomic mass is 10.2. The number of pyridine rings is 2. The highest BCUT2D eigenvalue weighted by atomic mass is 16.6. The van der Waals surface area contributed by atoms with Gasteiger partial charge in [-0.25, -0.2) is 14.8 Å². The topological polar surface area (TPSA) is 103 Å². The number of ether oxygens (including phenoxy) is 1. The summed E-state index contributed by atoms with van der Waals surface area (Å²) in [5.41, 5.74) is 2.46. The third kappa shape index (κ3) is 3.31. The second-order valence-corrected chi connectivity index (χ2v) is 7.88. The normalized spacial score (nSPS) is 14.4. The number of carbonyl (C=O) groups is 1. The molecule has 0 saturated heterocycles. The summed E-state index contributed by atoms with van der Waals surface area (Å²) in [5.74, 6) is 0.905. The van der Waals surface area contributed by atoms with Gasteiger partial charge < -0.3 is 14.2 Å². The van der Waals surface area contributed by atoms with Crippen molar-refractivity contribution in [3.63, 3.8) is 0 Å². The van der Waals surface area contributed by atoms with E-state index in [0.717, 1.165) is 22.2 Å². The summed E-state index contributed by atoms with van der Waals surface area (Å²) >= 11 is 0. The molecule has 1 aliphatic rings. The Hall–Kier alpha value is -3.30. The molecule has 0 saturated carbocycles. The molecule has 0 radical (unpaired) electrons. The molecule has 5 heterocycles. The second kappa shape index (κ2) is 7.51. The molecule has 0 N–H and O–H groups in total. The van der Waals surface area contributed by atoms with Crippen molar-refractivity contribution >= 4 is 33.8 Å². The molecule has 0 atom stereocenters. The SMILES string of the molecule is CC.CC(C)(C)OC(=O)N1CCc2nc3c(c4cccnc4n4nnnc34)n2CC1. The lowest BCUT2D eigenvalue weighted by Gasteiger charge is -2.26. The first-order chi connectivity index (χ1) is 14.4. The Labute approximate surface area is 173 Å². The van der Waals surface area contributed by atoms with Gasteiger partial charge in [-0.05, 0) is 43.3 Å². The molecule has 4 aromatic rings. The highest BCUT2D eigenvalue weighted by molar-refractivity contribution is 6.07. The van der Waals surface area contributed by atoms with Crippen molar-refractivity contribution in [2.75, 3.05) is 13.1 Å². The number of amides is 1. The number of imidazole rings is 1. The third-order valence-corrected chi connectivity index (χ3v) is 4.82. The van der Waals surface area contributed by atoms with E-state index in [1.54, 1.807) is 15.6 Å². The standard InChI is InChI=1S/C18H20N8O2.C2H6/c1-18(2,3)28-17(27)24-8-6-12-20-13-14(25(12)10-9-24)11-5-4-7-19-15(11)26-16(13)21-22-23-26;1-2/h4-5,7H,6,8-10H2,1-3H3;1-2H3. The second-order valence-electron chi connectivity index (χ2n) is 7.88. The van der Waals surface area contributed by atoms with Gasteiger partial charge in [0.05, 0.1) is 5.52 Å². The van der Waals surface area contributed by atoms with Gasteiger partial charge in [-0.15, -0.1) is 5.10 Å². The van der Waals surface area contributed by atoms with Gasteiger partial charge in [0.1, 0.15) is 16.9 Å². The monoisotopic (exact) mass is 410 g/mol. The average molecular weight is 410 g/mol. The summed E-state index contributed by atoms with van der Waals surface area (Å²) < 4.78 is 9.30. The number of aromatic nitrogens is 7. The van der Waals surface area contributed by atoms with Crippen LogP contribution in [-0.4, -0.2) is 64.3 Å². The quantitative estimate of drug-likeness (QED) is 0.439. The van der Waals surface area contributed by atoms with Crippen LogP contribution in [0.1, 0.15) is 40.4 Å². The Morgan fingerprint density at radius 2 is 1.93 bits per heavy atom. The molecule has 0 unspecified atom stereocenters. The van der Waals surface area contributed by atoms with Gasteiger partial charge in [0.15, 0.2) is 5.65 Å². The molecule has 0 aromatic carbocycles. The number of nitrogens with zero attached hydrogens (tertiary/aromatic N) is 8. The van der Waals surface area contributed by atoms with E-state index in [1.807, 2.05) is 46.8 Å². The van der Waals surface area contributed by atoms with E-state index in [4.69, 9.17) is 9.72 Å². The zero-order chi connectivity index (χ0) is 21.5. The van der Waals surface area contributed by atoms with E-state index < -0.39 is 5.60 Å². The fourth-order valence-corrected chi connectivity index (χ4v) is 3.66. The van der Waals surface area contributed by atoms with Crippen LogP contribution >= 0.6 is 0 Å². The minimum absolute atomic E-state index is 0.293. The first-order valence-corrected chi connectivity index (χ1v) is 10.2. The van der Waals surface area contributed by atoms with Crippen molar-refractivity contribution in [1.82, 2.24) is 39.5 Å². The van der Waals surface area contributed by atoms with Crippen LogP contribution in [0.15, 0.2) is 18.3 Å². The van der Waals surface area contributed by atoms with E-state index >= 15 is 0 Å². The Balaban J connectivity index is 0.00000106. The molecule has 0 fully saturated rings. The van der Waals surface area contributed by atoms with Crippen LogP contribution in [0.4, 0.5) is 4.79 Å². The summed E-state index contributed by atoms with van der Waals surface area (Å²) in [6, 6.07) is 3.89. The fourth-order valence-electron chi connectivity index (χ4n) is 3.66. The number of tetrazole rings is 1. The number of rotatable bonds is 0. The molecule has 30 heavy (non-hydrogen) atoms. The molecule has 10 nitrogen and oxygen atoms in total. The fraction of sp³-hybridized carbons (Fsp3) is 0.500. The van der Waals surface area contributed by atoms with Crippen molar-refractivity contribution in [3.8, 4) is 0 Å². The minimum atomic E-state index is -0.516. The Morgan fingerprint density at radius 3 is 2.70 bits per heavy atom. The molecule has 0 bridgehead atoms. The number of hydrogen-bond acceptors (Lipinski definition) is 7. The number of hydrogen-bond donors (Lipinski definition) is 0. The third-order valence-electron chi connectivity index (χ3n) is 4.82. The van der Waals surface area contributed by atoms with Gasteiger partial charge >= 0.3 is 6.09 Å². The summed E-state index contributed by atoms with van der Waals surface area (Å²) in [7, 11) is 0. The molecular weight excluding hydrogens is 384 g/mol. The maximum Gasteiger partial charge on any atom is 0.410 e. The average Bonchev–Trinajstić information content (AvgIpc) is 3.28. The maximum absolute atomic E-state index is 12.5. The van der Waals surface area contributed by atoms with E-state index in [9.17, 15) is 4.79 Å². The van der Waals surface area contributed by atoms with E-state index in [2.05, 4.69) is 25.1 Å². The Kier molecular flexibility index (Phi) is 5.00. The van der Waals surface area contributed by atoms with Crippen LogP contribution in [-0.2, 0) is 17.7 Å². The van der Waals surface area contributed by atoms with Gasteiger partial charge in [-0.1, -0.05) is 13.8 Å². The lowest BCUT2D eigenvalue weighted by Crippen LogP contribution is -2.38. The summed E-state index contributed by atoms with van der Waals surface area (Å²) in [6.07, 6.45) is 2.06. The number of fused-ring (bicyclic) bond motifs is 8. The van der Waals surface area contributed by atoms with Crippen molar-refractivity contribution in [2.24, 2.45) is 0 Å². The van der Waals surface area contributed by atoms with Crippen molar-refractivity contribution in [2.45, 2.75) is 53.2 Å². The van der Waals surface area contributed by atoms with Gasteiger partial charge in [0.25, 0.3) is 0 Å². The van der Waals surface area contributed by atoms with Crippen molar-refractivity contribution in [1.29, 1.82) is 0 Å². The van der Waals surface area contributed by atoms with Crippen LogP contribution in [0.5, 0.6) is 0 Å². The Bertz CT molecular complexity index is 1220. The molecule has 158 valence electrons. The molecule has 0 spiro atoms. The molecule has 0 aliphatic carbocycles. The molecule has 1 amide bonds. The van der Waals surface area contributed by atoms with Crippen molar-refractivity contribution in [3.05, 3.63) is 24.2 Å². The maximum atomic E-state index is 12.5. The predicted molar refractivity (Wildman–Crippen MR) is 112 cm³/mol. The highest BCUT2D eigenvalue weighted by Gasteiger charge is 2.27. The lowest BCUT2D eigenvalue weighted by molar-refractivity contribution is 0.0254. The van der Waals surface area contributed by atoms with Crippen LogP contribution in [0.2, 0.25) is 0 Å².